The summed E-state index contributed by atoms with van der Waals surface area (Å²) in [4.78, 5) is 15.4. The lowest BCUT2D eigenvalue weighted by Crippen LogP contribution is -2.11. The highest BCUT2D eigenvalue weighted by Gasteiger charge is 2.07. The average Bonchev–Trinajstić information content (AvgIpc) is 2.20. The molecule has 1 aliphatic heterocycles. The van der Waals surface area contributed by atoms with Crippen molar-refractivity contribution in [3.05, 3.63) is 0 Å². The lowest BCUT2D eigenvalue weighted by Gasteiger charge is -2.11. The Morgan fingerprint density at radius 2 is 2.21 bits per heavy atom. The zero-order valence-electron chi connectivity index (χ0n) is 8.62. The monoisotopic (exact) mass is 215 g/mol. The molecule has 1 rings (SSSR count). The number of aliphatic imine (C=N–C) groups is 1. The number of carbonyl (C=O) groups is 1. The first-order valence-corrected chi connectivity index (χ1v) is 6.24. The molecule has 0 amide bonds. The molecule has 4 heteroatoms. The molecule has 0 saturated carbocycles. The number of thioether (sulfide) groups is 1. The molecule has 0 N–H and O–H groups in total. The van der Waals surface area contributed by atoms with Gasteiger partial charge in [-0.05, 0) is 31.3 Å². The quantitative estimate of drug-likeness (QED) is 0.672. The van der Waals surface area contributed by atoms with Gasteiger partial charge in [-0.2, -0.15) is 11.8 Å². The van der Waals surface area contributed by atoms with Crippen molar-refractivity contribution in [2.75, 3.05) is 24.7 Å². The van der Waals surface area contributed by atoms with Crippen LogP contribution >= 0.6 is 11.8 Å². The summed E-state index contributed by atoms with van der Waals surface area (Å²) >= 11 is 1.97. The Bertz CT molecular complexity index is 208. The van der Waals surface area contributed by atoms with Gasteiger partial charge in [-0.15, -0.1) is 0 Å². The molecule has 0 aromatic carbocycles. The van der Waals surface area contributed by atoms with Gasteiger partial charge in [0.15, 0.2) is 0 Å². The summed E-state index contributed by atoms with van der Waals surface area (Å²) in [7, 11) is 0. The van der Waals surface area contributed by atoms with Gasteiger partial charge in [0, 0.05) is 12.3 Å². The highest BCUT2D eigenvalue weighted by atomic mass is 32.2. The maximum absolute atomic E-state index is 11.0. The largest absolute Gasteiger partial charge is 0.466 e. The number of hydrogen-bond acceptors (Lipinski definition) is 4. The fourth-order valence-electron chi connectivity index (χ4n) is 1.30. The fraction of sp³-hybridized carbons (Fsp3) is 0.800. The molecule has 0 aromatic rings. The van der Waals surface area contributed by atoms with Crippen LogP contribution in [-0.2, 0) is 9.53 Å². The number of nitrogens with zero attached hydrogens (tertiary/aromatic N) is 1. The first kappa shape index (κ1) is 11.6. The molecule has 0 spiro atoms. The summed E-state index contributed by atoms with van der Waals surface area (Å²) in [6, 6.07) is 0. The van der Waals surface area contributed by atoms with Gasteiger partial charge in [-0.1, -0.05) is 0 Å². The number of rotatable bonds is 4. The normalized spacial score (nSPS) is 16.5. The van der Waals surface area contributed by atoms with E-state index in [1.54, 1.807) is 0 Å². The van der Waals surface area contributed by atoms with E-state index in [0.29, 0.717) is 19.6 Å². The molecule has 0 radical (unpaired) electrons. The van der Waals surface area contributed by atoms with Gasteiger partial charge in [0.1, 0.15) is 0 Å². The maximum atomic E-state index is 11.0. The van der Waals surface area contributed by atoms with Gasteiger partial charge >= 0.3 is 5.97 Å². The molecule has 1 heterocycles. The molecule has 1 aliphatic rings. The Labute approximate surface area is 89.3 Å². The van der Waals surface area contributed by atoms with E-state index in [1.807, 2.05) is 18.7 Å². The third kappa shape index (κ3) is 4.65. The van der Waals surface area contributed by atoms with Gasteiger partial charge in [0.25, 0.3) is 0 Å². The van der Waals surface area contributed by atoms with E-state index in [0.717, 1.165) is 12.8 Å². The van der Waals surface area contributed by atoms with Crippen molar-refractivity contribution in [3.8, 4) is 0 Å². The summed E-state index contributed by atoms with van der Waals surface area (Å²) in [5, 5.41) is 0. The van der Waals surface area contributed by atoms with Crippen molar-refractivity contribution in [2.45, 2.75) is 26.2 Å². The minimum absolute atomic E-state index is 0.137. The van der Waals surface area contributed by atoms with Crippen LogP contribution < -0.4 is 0 Å². The van der Waals surface area contributed by atoms with Gasteiger partial charge in [0.05, 0.1) is 13.0 Å². The third-order valence-corrected chi connectivity index (χ3v) is 3.01. The lowest BCUT2D eigenvalue weighted by atomic mass is 10.2. The Kier molecular flexibility index (Phi) is 5.68. The van der Waals surface area contributed by atoms with E-state index in [4.69, 9.17) is 4.74 Å². The molecule has 0 aliphatic carbocycles. The molecule has 0 atom stereocenters. The van der Waals surface area contributed by atoms with E-state index in [1.165, 1.54) is 17.2 Å². The second kappa shape index (κ2) is 6.87. The maximum Gasteiger partial charge on any atom is 0.307 e. The topological polar surface area (TPSA) is 38.7 Å². The van der Waals surface area contributed by atoms with Crippen molar-refractivity contribution in [2.24, 2.45) is 4.99 Å². The van der Waals surface area contributed by atoms with E-state index >= 15 is 0 Å². The second-order valence-corrected chi connectivity index (χ2v) is 4.34. The van der Waals surface area contributed by atoms with Gasteiger partial charge in [-0.25, -0.2) is 0 Å². The Morgan fingerprint density at radius 1 is 1.50 bits per heavy atom. The van der Waals surface area contributed by atoms with Crippen molar-refractivity contribution in [1.29, 1.82) is 0 Å². The third-order valence-electron chi connectivity index (χ3n) is 2.03. The predicted octanol–water partition coefficient (Wildman–Crippen LogP) is 1.91. The molecule has 0 aromatic heterocycles. The summed E-state index contributed by atoms with van der Waals surface area (Å²) in [5.41, 5.74) is 1.27. The minimum Gasteiger partial charge on any atom is -0.466 e. The standard InChI is InChI=1S/C10H17NO2S/c1-2-13-10(12)3-6-11-9-4-7-14-8-5-9/h2-8H2,1H3. The Balaban J connectivity index is 2.15. The van der Waals surface area contributed by atoms with Crippen LogP contribution in [0.2, 0.25) is 0 Å². The molecule has 0 unspecified atom stereocenters. The number of ether oxygens (including phenoxy) is 1. The van der Waals surface area contributed by atoms with Crippen LogP contribution in [0.3, 0.4) is 0 Å². The van der Waals surface area contributed by atoms with E-state index in [2.05, 4.69) is 4.99 Å². The van der Waals surface area contributed by atoms with Crippen molar-refractivity contribution in [3.63, 3.8) is 0 Å². The van der Waals surface area contributed by atoms with Gasteiger partial charge in [0.2, 0.25) is 0 Å². The Morgan fingerprint density at radius 3 is 2.86 bits per heavy atom. The van der Waals surface area contributed by atoms with Crippen LogP contribution in [0, 0.1) is 0 Å². The van der Waals surface area contributed by atoms with Gasteiger partial charge in [-0.3, -0.25) is 9.79 Å². The Hall–Kier alpha value is -0.510. The van der Waals surface area contributed by atoms with Crippen LogP contribution in [0.1, 0.15) is 26.2 Å². The number of hydrogen-bond donors (Lipinski definition) is 0. The summed E-state index contributed by atoms with van der Waals surface area (Å²) in [5.74, 6) is 2.22. The second-order valence-electron chi connectivity index (χ2n) is 3.12. The first-order chi connectivity index (χ1) is 6.83. The van der Waals surface area contributed by atoms with Crippen molar-refractivity contribution < 1.29 is 9.53 Å². The fourth-order valence-corrected chi connectivity index (χ4v) is 2.27. The zero-order valence-corrected chi connectivity index (χ0v) is 9.44. The first-order valence-electron chi connectivity index (χ1n) is 5.08. The van der Waals surface area contributed by atoms with E-state index in [-0.39, 0.29) is 5.97 Å². The SMILES string of the molecule is CCOC(=O)CCN=C1CCSCC1. The van der Waals surface area contributed by atoms with E-state index in [9.17, 15) is 4.79 Å². The molecule has 3 nitrogen and oxygen atoms in total. The summed E-state index contributed by atoms with van der Waals surface area (Å²) in [6.07, 6.45) is 2.60. The van der Waals surface area contributed by atoms with Gasteiger partial charge < -0.3 is 4.74 Å². The van der Waals surface area contributed by atoms with Crippen LogP contribution in [0.4, 0.5) is 0 Å². The van der Waals surface area contributed by atoms with Crippen LogP contribution in [0.5, 0.6) is 0 Å². The number of esters is 1. The molecule has 1 saturated heterocycles. The van der Waals surface area contributed by atoms with E-state index < -0.39 is 0 Å². The van der Waals surface area contributed by atoms with Crippen LogP contribution in [0.25, 0.3) is 0 Å². The van der Waals surface area contributed by atoms with Crippen LogP contribution in [0.15, 0.2) is 4.99 Å². The molecule has 14 heavy (non-hydrogen) atoms. The number of carbonyl (C=O) groups excluding carboxylic acids is 1. The summed E-state index contributed by atoms with van der Waals surface area (Å²) in [6.45, 7) is 2.88. The molecular weight excluding hydrogens is 198 g/mol. The van der Waals surface area contributed by atoms with Crippen molar-refractivity contribution in [1.82, 2.24) is 0 Å². The highest BCUT2D eigenvalue weighted by molar-refractivity contribution is 7.99. The molecule has 1 fully saturated rings. The lowest BCUT2D eigenvalue weighted by molar-refractivity contribution is -0.142. The highest BCUT2D eigenvalue weighted by Crippen LogP contribution is 2.14. The minimum atomic E-state index is -0.137. The molecule has 0 bridgehead atoms. The molecule has 80 valence electrons. The summed E-state index contributed by atoms with van der Waals surface area (Å²) < 4.78 is 4.82. The molecular formula is C10H17NO2S. The zero-order chi connectivity index (χ0) is 10.2. The smallest absolute Gasteiger partial charge is 0.307 e. The van der Waals surface area contributed by atoms with Crippen molar-refractivity contribution >= 4 is 23.4 Å². The average molecular weight is 215 g/mol. The van der Waals surface area contributed by atoms with Crippen LogP contribution in [-0.4, -0.2) is 36.3 Å². The predicted molar refractivity (Wildman–Crippen MR) is 60.1 cm³/mol.